The Bertz CT molecular complexity index is 1250. The molecule has 0 bridgehead atoms. The first-order valence-electron chi connectivity index (χ1n) is 12.0. The van der Waals surface area contributed by atoms with Crippen molar-refractivity contribution in [1.29, 1.82) is 0 Å². The van der Waals surface area contributed by atoms with E-state index in [1.165, 1.54) is 0 Å². The van der Waals surface area contributed by atoms with E-state index in [1.807, 2.05) is 76.7 Å². The fraction of sp³-hybridized carbons (Fsp3) is 0.357. The van der Waals surface area contributed by atoms with Crippen molar-refractivity contribution in [3.8, 4) is 11.5 Å². The summed E-state index contributed by atoms with van der Waals surface area (Å²) in [5.41, 5.74) is 0.803. The van der Waals surface area contributed by atoms with Gasteiger partial charge in [-0.3, -0.25) is 9.59 Å². The van der Waals surface area contributed by atoms with E-state index in [1.54, 1.807) is 12.2 Å². The highest BCUT2D eigenvalue weighted by Gasteiger charge is 2.06. The van der Waals surface area contributed by atoms with Gasteiger partial charge < -0.3 is 29.2 Å². The van der Waals surface area contributed by atoms with Crippen LogP contribution in [0.25, 0.3) is 12.2 Å². The number of aromatic nitrogens is 2. The standard InChI is InChI=1S/C28H36N4O4/c1-19(31(3)4)17-35-23-11-7-21(8-12-23)15-25-27(33)30-26(28(34)29-25)16-22-9-13-24(14-10-22)36-18-20(2)32(5)6/h7-16,19-20H,17-18H2,1-6H3,(H,29,34)(H,30,33). The van der Waals surface area contributed by atoms with Crippen molar-refractivity contribution in [3.05, 3.63) is 91.1 Å². The van der Waals surface area contributed by atoms with Crippen molar-refractivity contribution in [1.82, 2.24) is 19.8 Å². The first-order valence-corrected chi connectivity index (χ1v) is 12.0. The molecule has 0 amide bonds. The largest absolute Gasteiger partial charge is 0.492 e. The summed E-state index contributed by atoms with van der Waals surface area (Å²) in [6, 6.07) is 15.3. The van der Waals surface area contributed by atoms with Crippen LogP contribution in [0.2, 0.25) is 0 Å². The summed E-state index contributed by atoms with van der Waals surface area (Å²) in [4.78, 5) is 34.8. The van der Waals surface area contributed by atoms with Crippen LogP contribution in [0.15, 0.2) is 58.1 Å². The molecule has 0 radical (unpaired) electrons. The average Bonchev–Trinajstić information content (AvgIpc) is 2.85. The van der Waals surface area contributed by atoms with Crippen LogP contribution in [-0.4, -0.2) is 73.3 Å². The van der Waals surface area contributed by atoms with Crippen molar-refractivity contribution in [2.24, 2.45) is 0 Å². The summed E-state index contributed by atoms with van der Waals surface area (Å²) >= 11 is 0. The summed E-state index contributed by atoms with van der Waals surface area (Å²) in [7, 11) is 8.03. The Balaban J connectivity index is 1.74. The van der Waals surface area contributed by atoms with E-state index >= 15 is 0 Å². The second-order valence-corrected chi connectivity index (χ2v) is 9.41. The van der Waals surface area contributed by atoms with E-state index in [9.17, 15) is 9.59 Å². The second-order valence-electron chi connectivity index (χ2n) is 9.41. The fourth-order valence-corrected chi connectivity index (χ4v) is 3.08. The number of ether oxygens (including phenoxy) is 2. The highest BCUT2D eigenvalue weighted by Crippen LogP contribution is 2.14. The molecule has 0 aliphatic carbocycles. The SMILES string of the molecule is CC(COc1ccc(C=c2[nH]c(=O)c(=Cc3ccc(OCC(C)N(C)C)cc3)[nH]c2=O)cc1)N(C)C. The molecular formula is C28H36N4O4. The van der Waals surface area contributed by atoms with Crippen LogP contribution in [0.3, 0.4) is 0 Å². The highest BCUT2D eigenvalue weighted by molar-refractivity contribution is 5.51. The maximum Gasteiger partial charge on any atom is 0.272 e. The van der Waals surface area contributed by atoms with Gasteiger partial charge in [0.25, 0.3) is 11.1 Å². The molecule has 2 atom stereocenters. The van der Waals surface area contributed by atoms with E-state index in [-0.39, 0.29) is 21.8 Å². The lowest BCUT2D eigenvalue weighted by atomic mass is 10.2. The van der Waals surface area contributed by atoms with Gasteiger partial charge in [0, 0.05) is 12.1 Å². The Morgan fingerprint density at radius 2 is 1.00 bits per heavy atom. The zero-order chi connectivity index (χ0) is 26.2. The summed E-state index contributed by atoms with van der Waals surface area (Å²) in [6.07, 6.45) is 3.27. The van der Waals surface area contributed by atoms with Crippen LogP contribution < -0.4 is 31.3 Å². The molecule has 1 aromatic heterocycles. The van der Waals surface area contributed by atoms with Gasteiger partial charge in [0.1, 0.15) is 35.4 Å². The molecule has 0 spiro atoms. The summed E-state index contributed by atoms with van der Waals surface area (Å²) in [5, 5.41) is 0.372. The molecule has 3 rings (SSSR count). The molecule has 2 N–H and O–H groups in total. The molecule has 0 saturated carbocycles. The molecule has 1 heterocycles. The monoisotopic (exact) mass is 492 g/mol. The van der Waals surface area contributed by atoms with Crippen LogP contribution >= 0.6 is 0 Å². The molecule has 2 aromatic carbocycles. The Morgan fingerprint density at radius 3 is 1.31 bits per heavy atom. The van der Waals surface area contributed by atoms with E-state index in [0.717, 1.165) is 22.6 Å². The number of benzene rings is 2. The minimum atomic E-state index is -0.376. The predicted molar refractivity (Wildman–Crippen MR) is 144 cm³/mol. The van der Waals surface area contributed by atoms with Gasteiger partial charge in [0.2, 0.25) is 0 Å². The topological polar surface area (TPSA) is 90.7 Å². The van der Waals surface area contributed by atoms with Crippen molar-refractivity contribution in [2.75, 3.05) is 41.4 Å². The lowest BCUT2D eigenvalue weighted by Crippen LogP contribution is -2.46. The molecule has 36 heavy (non-hydrogen) atoms. The first-order chi connectivity index (χ1) is 17.1. The number of H-pyrrole nitrogens is 2. The predicted octanol–water partition coefficient (Wildman–Crippen LogP) is 1.38. The molecule has 0 aliphatic rings. The molecule has 2 unspecified atom stereocenters. The summed E-state index contributed by atoms with van der Waals surface area (Å²) in [6.45, 7) is 5.32. The third-order valence-corrected chi connectivity index (χ3v) is 6.11. The van der Waals surface area contributed by atoms with Crippen LogP contribution in [0.1, 0.15) is 25.0 Å². The number of nitrogens with one attached hydrogen (secondary N) is 2. The third-order valence-electron chi connectivity index (χ3n) is 6.11. The minimum Gasteiger partial charge on any atom is -0.492 e. The number of hydrogen-bond donors (Lipinski definition) is 2. The molecular weight excluding hydrogens is 456 g/mol. The maximum absolute atomic E-state index is 12.6. The molecule has 0 aliphatic heterocycles. The first kappa shape index (κ1) is 27.0. The molecule has 3 aromatic rings. The Morgan fingerprint density at radius 1 is 0.667 bits per heavy atom. The number of aromatic amines is 2. The number of hydrogen-bond acceptors (Lipinski definition) is 6. The second kappa shape index (κ2) is 12.4. The van der Waals surface area contributed by atoms with Gasteiger partial charge in [-0.2, -0.15) is 0 Å². The van der Waals surface area contributed by atoms with E-state index in [2.05, 4.69) is 33.6 Å². The zero-order valence-electron chi connectivity index (χ0n) is 21.9. The lowest BCUT2D eigenvalue weighted by Gasteiger charge is -2.19. The molecule has 0 fully saturated rings. The minimum absolute atomic E-state index is 0.186. The van der Waals surface area contributed by atoms with Crippen molar-refractivity contribution >= 4 is 12.2 Å². The van der Waals surface area contributed by atoms with Gasteiger partial charge >= 0.3 is 0 Å². The third kappa shape index (κ3) is 7.69. The fourth-order valence-electron chi connectivity index (χ4n) is 3.08. The highest BCUT2D eigenvalue weighted by atomic mass is 16.5. The molecule has 0 saturated heterocycles. The molecule has 8 nitrogen and oxygen atoms in total. The van der Waals surface area contributed by atoms with Crippen molar-refractivity contribution in [2.45, 2.75) is 25.9 Å². The Hall–Kier alpha value is -3.62. The van der Waals surface area contributed by atoms with Gasteiger partial charge in [-0.05, 0) is 89.6 Å². The van der Waals surface area contributed by atoms with Gasteiger partial charge in [0.15, 0.2) is 0 Å². The Kier molecular flexibility index (Phi) is 9.27. The van der Waals surface area contributed by atoms with Gasteiger partial charge in [-0.15, -0.1) is 0 Å². The van der Waals surface area contributed by atoms with E-state index < -0.39 is 0 Å². The van der Waals surface area contributed by atoms with E-state index in [4.69, 9.17) is 9.47 Å². The Labute approximate surface area is 211 Å². The lowest BCUT2D eigenvalue weighted by molar-refractivity contribution is 0.198. The number of rotatable bonds is 10. The van der Waals surface area contributed by atoms with Crippen molar-refractivity contribution < 1.29 is 9.47 Å². The number of nitrogens with zero attached hydrogens (tertiary/aromatic N) is 2. The van der Waals surface area contributed by atoms with Crippen LogP contribution in [0.4, 0.5) is 0 Å². The molecule has 8 heteroatoms. The van der Waals surface area contributed by atoms with Gasteiger partial charge in [-0.1, -0.05) is 24.3 Å². The molecule has 192 valence electrons. The number of likely N-dealkylation sites (N-methyl/N-ethyl adjacent to an activating group) is 2. The quantitative estimate of drug-likeness (QED) is 0.445. The van der Waals surface area contributed by atoms with Crippen LogP contribution in [-0.2, 0) is 0 Å². The van der Waals surface area contributed by atoms with Gasteiger partial charge in [0.05, 0.1) is 0 Å². The van der Waals surface area contributed by atoms with Gasteiger partial charge in [-0.25, -0.2) is 0 Å². The average molecular weight is 493 g/mol. The zero-order valence-corrected chi connectivity index (χ0v) is 21.9. The summed E-state index contributed by atoms with van der Waals surface area (Å²) < 4.78 is 11.6. The van der Waals surface area contributed by atoms with E-state index in [0.29, 0.717) is 25.3 Å². The van der Waals surface area contributed by atoms with Crippen LogP contribution in [0.5, 0.6) is 11.5 Å². The smallest absolute Gasteiger partial charge is 0.272 e. The maximum atomic E-state index is 12.6. The van der Waals surface area contributed by atoms with Crippen LogP contribution in [0, 0.1) is 0 Å². The summed E-state index contributed by atoms with van der Waals surface area (Å²) in [5.74, 6) is 1.49. The normalized spacial score (nSPS) is 14.3. The van der Waals surface area contributed by atoms with Crippen molar-refractivity contribution in [3.63, 3.8) is 0 Å².